The van der Waals surface area contributed by atoms with Crippen LogP contribution < -0.4 is 0 Å². The molecule has 1 saturated heterocycles. The quantitative estimate of drug-likeness (QED) is 0.491. The van der Waals surface area contributed by atoms with Crippen molar-refractivity contribution in [3.8, 4) is 0 Å². The molecule has 33 heavy (non-hydrogen) atoms. The molecule has 3 aromatic rings. The first kappa shape index (κ1) is 23.6. The van der Waals surface area contributed by atoms with Gasteiger partial charge in [-0.1, -0.05) is 91.0 Å². The summed E-state index contributed by atoms with van der Waals surface area (Å²) in [5.41, 5.74) is 2.98. The summed E-state index contributed by atoms with van der Waals surface area (Å²) in [5.74, 6) is -0.540. The summed E-state index contributed by atoms with van der Waals surface area (Å²) in [6.45, 7) is 1.18. The Balaban J connectivity index is 1.46. The summed E-state index contributed by atoms with van der Waals surface area (Å²) in [6.07, 6.45) is -3.99. The fourth-order valence-corrected chi connectivity index (χ4v) is 3.88. The zero-order valence-corrected chi connectivity index (χ0v) is 18.4. The van der Waals surface area contributed by atoms with Crippen molar-refractivity contribution in [2.75, 3.05) is 6.61 Å². The number of ether oxygens (including phenoxy) is 4. The third-order valence-electron chi connectivity index (χ3n) is 5.66. The van der Waals surface area contributed by atoms with Crippen LogP contribution in [-0.2, 0) is 38.8 Å². The van der Waals surface area contributed by atoms with Crippen molar-refractivity contribution in [2.24, 2.45) is 5.92 Å². The third-order valence-corrected chi connectivity index (χ3v) is 5.66. The zero-order valence-electron chi connectivity index (χ0n) is 18.4. The highest BCUT2D eigenvalue weighted by molar-refractivity contribution is 5.15. The molecule has 0 saturated carbocycles. The molecule has 0 spiro atoms. The van der Waals surface area contributed by atoms with Gasteiger partial charge in [-0.15, -0.1) is 0 Å². The van der Waals surface area contributed by atoms with E-state index in [0.717, 1.165) is 16.7 Å². The summed E-state index contributed by atoms with van der Waals surface area (Å²) in [6, 6.07) is 29.3. The normalized spacial score (nSPS) is 25.1. The second kappa shape index (κ2) is 12.0. The average molecular weight is 451 g/mol. The number of hydrogen-bond donors (Lipinski definition) is 2. The highest BCUT2D eigenvalue weighted by Gasteiger charge is 2.46. The van der Waals surface area contributed by atoms with Crippen LogP contribution in [0.4, 0.5) is 0 Å². The maximum Gasteiger partial charge on any atom is 0.186 e. The monoisotopic (exact) mass is 450 g/mol. The lowest BCUT2D eigenvalue weighted by Crippen LogP contribution is -2.57. The van der Waals surface area contributed by atoms with Gasteiger partial charge in [0.15, 0.2) is 12.6 Å². The third kappa shape index (κ3) is 6.71. The fraction of sp³-hybridized carbons (Fsp3) is 0.333. The van der Waals surface area contributed by atoms with Crippen LogP contribution >= 0.6 is 0 Å². The van der Waals surface area contributed by atoms with Crippen LogP contribution in [0.25, 0.3) is 0 Å². The predicted octanol–water partition coefficient (Wildman–Crippen LogP) is 3.66. The number of aliphatic hydroxyl groups is 2. The van der Waals surface area contributed by atoms with Crippen LogP contribution in [0, 0.1) is 5.92 Å². The van der Waals surface area contributed by atoms with E-state index in [-0.39, 0.29) is 13.2 Å². The van der Waals surface area contributed by atoms with Crippen molar-refractivity contribution in [3.63, 3.8) is 0 Å². The van der Waals surface area contributed by atoms with Crippen LogP contribution in [0.1, 0.15) is 16.7 Å². The minimum Gasteiger partial charge on any atom is -0.376 e. The van der Waals surface area contributed by atoms with Crippen molar-refractivity contribution >= 4 is 0 Å². The molecule has 5 atom stereocenters. The molecule has 2 N–H and O–H groups in total. The number of benzene rings is 3. The summed E-state index contributed by atoms with van der Waals surface area (Å²) in [4.78, 5) is 0. The van der Waals surface area contributed by atoms with Crippen LogP contribution in [0.2, 0.25) is 0 Å². The first-order valence-corrected chi connectivity index (χ1v) is 11.1. The Morgan fingerprint density at radius 2 is 1.03 bits per heavy atom. The van der Waals surface area contributed by atoms with Gasteiger partial charge in [0.05, 0.1) is 38.4 Å². The van der Waals surface area contributed by atoms with Crippen molar-refractivity contribution < 1.29 is 29.2 Å². The summed E-state index contributed by atoms with van der Waals surface area (Å²) >= 11 is 0. The Hall–Kier alpha value is -2.58. The fourth-order valence-electron chi connectivity index (χ4n) is 3.88. The Bertz CT molecular complexity index is 937. The molecular weight excluding hydrogens is 420 g/mol. The molecule has 0 bridgehead atoms. The van der Waals surface area contributed by atoms with Gasteiger partial charge in [0, 0.05) is 0 Å². The lowest BCUT2D eigenvalue weighted by atomic mass is 9.94. The topological polar surface area (TPSA) is 77.4 Å². The zero-order chi connectivity index (χ0) is 22.9. The van der Waals surface area contributed by atoms with E-state index in [4.69, 9.17) is 18.9 Å². The molecule has 6 heteroatoms. The van der Waals surface area contributed by atoms with Crippen LogP contribution in [-0.4, -0.2) is 41.6 Å². The molecule has 2 unspecified atom stereocenters. The molecule has 0 aliphatic carbocycles. The van der Waals surface area contributed by atoms with E-state index in [9.17, 15) is 10.2 Å². The Morgan fingerprint density at radius 1 is 0.576 bits per heavy atom. The summed E-state index contributed by atoms with van der Waals surface area (Å²) in [7, 11) is 0. The maximum atomic E-state index is 10.6. The SMILES string of the molecule is OC1OC(O)[C@H](COCc2ccccc2)[C@@H](OCc2ccccc2)[C@@H]1OCc1ccccc1. The maximum absolute atomic E-state index is 10.6. The van der Waals surface area contributed by atoms with Crippen LogP contribution in [0.15, 0.2) is 91.0 Å². The standard InChI is InChI=1S/C27H30O6/c28-26-23(19-30-16-20-10-4-1-5-11-20)24(31-17-21-12-6-2-7-13-21)25(27(29)33-26)32-18-22-14-8-3-9-15-22/h1-15,23-29H,16-19H2/t23-,24-,25+,26?,27?/m1/s1. The van der Waals surface area contributed by atoms with Gasteiger partial charge in [-0.05, 0) is 16.7 Å². The summed E-state index contributed by atoms with van der Waals surface area (Å²) in [5, 5.41) is 21.2. The molecule has 1 fully saturated rings. The van der Waals surface area contributed by atoms with Crippen LogP contribution in [0.5, 0.6) is 0 Å². The second-order valence-corrected chi connectivity index (χ2v) is 8.10. The second-order valence-electron chi connectivity index (χ2n) is 8.10. The van der Waals surface area contributed by atoms with Gasteiger partial charge in [-0.3, -0.25) is 0 Å². The lowest BCUT2D eigenvalue weighted by molar-refractivity contribution is -0.338. The van der Waals surface area contributed by atoms with Gasteiger partial charge in [0.1, 0.15) is 6.10 Å². The Morgan fingerprint density at radius 3 is 1.55 bits per heavy atom. The molecule has 0 amide bonds. The lowest BCUT2D eigenvalue weighted by Gasteiger charge is -2.42. The van der Waals surface area contributed by atoms with E-state index < -0.39 is 30.7 Å². The molecule has 1 heterocycles. The molecule has 4 rings (SSSR count). The predicted molar refractivity (Wildman–Crippen MR) is 123 cm³/mol. The van der Waals surface area contributed by atoms with Crippen molar-refractivity contribution in [3.05, 3.63) is 108 Å². The molecule has 174 valence electrons. The molecule has 3 aromatic carbocycles. The van der Waals surface area contributed by atoms with Crippen LogP contribution in [0.3, 0.4) is 0 Å². The Labute approximate surface area is 194 Å². The Kier molecular flexibility index (Phi) is 8.60. The van der Waals surface area contributed by atoms with Gasteiger partial charge in [-0.25, -0.2) is 0 Å². The number of rotatable bonds is 10. The van der Waals surface area contributed by atoms with Gasteiger partial charge in [-0.2, -0.15) is 0 Å². The average Bonchev–Trinajstić information content (AvgIpc) is 2.85. The molecule has 0 radical (unpaired) electrons. The van der Waals surface area contributed by atoms with Gasteiger partial charge in [0.2, 0.25) is 0 Å². The highest BCUT2D eigenvalue weighted by Crippen LogP contribution is 2.30. The smallest absolute Gasteiger partial charge is 0.186 e. The largest absolute Gasteiger partial charge is 0.376 e. The van der Waals surface area contributed by atoms with E-state index in [2.05, 4.69) is 0 Å². The van der Waals surface area contributed by atoms with E-state index >= 15 is 0 Å². The van der Waals surface area contributed by atoms with E-state index in [1.54, 1.807) is 0 Å². The molecule has 1 aliphatic rings. The van der Waals surface area contributed by atoms with Crippen molar-refractivity contribution in [1.29, 1.82) is 0 Å². The number of aliphatic hydroxyl groups excluding tert-OH is 2. The van der Waals surface area contributed by atoms with E-state index in [1.807, 2.05) is 91.0 Å². The molecule has 6 nitrogen and oxygen atoms in total. The molecule has 0 aromatic heterocycles. The minimum atomic E-state index is -1.32. The first-order chi connectivity index (χ1) is 16.2. The van der Waals surface area contributed by atoms with E-state index in [0.29, 0.717) is 13.2 Å². The van der Waals surface area contributed by atoms with Crippen molar-refractivity contribution in [2.45, 2.75) is 44.6 Å². The first-order valence-electron chi connectivity index (χ1n) is 11.1. The van der Waals surface area contributed by atoms with Gasteiger partial charge >= 0.3 is 0 Å². The minimum absolute atomic E-state index is 0.188. The van der Waals surface area contributed by atoms with Gasteiger partial charge < -0.3 is 29.2 Å². The van der Waals surface area contributed by atoms with Gasteiger partial charge in [0.25, 0.3) is 0 Å². The van der Waals surface area contributed by atoms with Crippen molar-refractivity contribution in [1.82, 2.24) is 0 Å². The highest BCUT2D eigenvalue weighted by atomic mass is 16.7. The molecule has 1 aliphatic heterocycles. The van der Waals surface area contributed by atoms with E-state index in [1.165, 1.54) is 0 Å². The summed E-state index contributed by atoms with van der Waals surface area (Å²) < 4.78 is 23.6. The number of hydrogen-bond acceptors (Lipinski definition) is 6. The molecular formula is C27H30O6.